The van der Waals surface area contributed by atoms with E-state index in [4.69, 9.17) is 20.7 Å². The van der Waals surface area contributed by atoms with Gasteiger partial charge in [-0.3, -0.25) is 0 Å². The molecule has 0 aliphatic rings. The van der Waals surface area contributed by atoms with E-state index in [1.165, 1.54) is 0 Å². The van der Waals surface area contributed by atoms with Crippen molar-refractivity contribution in [3.05, 3.63) is 45.8 Å². The molecule has 0 bridgehead atoms. The van der Waals surface area contributed by atoms with E-state index in [2.05, 4.69) is 10.0 Å². The molecule has 98 valence electrons. The lowest BCUT2D eigenvalue weighted by atomic mass is 10.1. The van der Waals surface area contributed by atoms with Crippen LogP contribution >= 0.6 is 0 Å². The molecule has 0 amide bonds. The molecule has 18 heavy (non-hydrogen) atoms. The first kappa shape index (κ1) is 14.5. The number of rotatable bonds is 9. The fourth-order valence-corrected chi connectivity index (χ4v) is 1.45. The van der Waals surface area contributed by atoms with Crippen molar-refractivity contribution in [1.29, 1.82) is 0 Å². The topological polar surface area (TPSA) is 93.2 Å². The Balaban J connectivity index is 2.12. The fourth-order valence-electron chi connectivity index (χ4n) is 1.45. The maximum absolute atomic E-state index is 8.05. The highest BCUT2D eigenvalue weighted by Gasteiger charge is 1.99. The van der Waals surface area contributed by atoms with Gasteiger partial charge < -0.3 is 15.2 Å². The van der Waals surface area contributed by atoms with Crippen LogP contribution in [0.15, 0.2) is 29.4 Å². The SMILES string of the molecule is [N-]=[N+]=NCCOCCOCc1ccccc1CN. The van der Waals surface area contributed by atoms with Crippen molar-refractivity contribution < 1.29 is 9.47 Å². The van der Waals surface area contributed by atoms with Crippen molar-refractivity contribution in [3.8, 4) is 0 Å². The van der Waals surface area contributed by atoms with E-state index in [0.29, 0.717) is 39.5 Å². The summed E-state index contributed by atoms with van der Waals surface area (Å²) >= 11 is 0. The van der Waals surface area contributed by atoms with Crippen LogP contribution in [0.2, 0.25) is 0 Å². The zero-order chi connectivity index (χ0) is 13.1. The number of hydrogen-bond acceptors (Lipinski definition) is 4. The molecule has 6 nitrogen and oxygen atoms in total. The van der Waals surface area contributed by atoms with Crippen molar-refractivity contribution >= 4 is 0 Å². The second-order valence-electron chi connectivity index (χ2n) is 3.59. The summed E-state index contributed by atoms with van der Waals surface area (Å²) in [6.45, 7) is 2.83. The van der Waals surface area contributed by atoms with E-state index < -0.39 is 0 Å². The lowest BCUT2D eigenvalue weighted by molar-refractivity contribution is 0.0431. The smallest absolute Gasteiger partial charge is 0.0721 e. The van der Waals surface area contributed by atoms with Gasteiger partial charge in [-0.1, -0.05) is 29.4 Å². The lowest BCUT2D eigenvalue weighted by Gasteiger charge is -2.08. The zero-order valence-electron chi connectivity index (χ0n) is 10.3. The van der Waals surface area contributed by atoms with Gasteiger partial charge in [-0.05, 0) is 16.7 Å². The normalized spacial score (nSPS) is 10.1. The maximum Gasteiger partial charge on any atom is 0.0721 e. The first-order valence-corrected chi connectivity index (χ1v) is 5.81. The minimum absolute atomic E-state index is 0.354. The molecule has 0 aliphatic heterocycles. The molecule has 1 aromatic carbocycles. The van der Waals surface area contributed by atoms with Gasteiger partial charge in [-0.2, -0.15) is 0 Å². The number of ether oxygens (including phenoxy) is 2. The highest BCUT2D eigenvalue weighted by atomic mass is 16.5. The quantitative estimate of drug-likeness (QED) is 0.314. The summed E-state index contributed by atoms with van der Waals surface area (Å²) in [4.78, 5) is 2.63. The van der Waals surface area contributed by atoms with E-state index in [0.717, 1.165) is 11.1 Å². The third-order valence-electron chi connectivity index (χ3n) is 2.37. The lowest BCUT2D eigenvalue weighted by Crippen LogP contribution is -2.08. The molecule has 1 aromatic rings. The Morgan fingerprint density at radius 1 is 1.11 bits per heavy atom. The molecule has 2 N–H and O–H groups in total. The van der Waals surface area contributed by atoms with E-state index in [-0.39, 0.29) is 0 Å². The van der Waals surface area contributed by atoms with E-state index in [9.17, 15) is 0 Å². The van der Waals surface area contributed by atoms with Crippen molar-refractivity contribution in [3.63, 3.8) is 0 Å². The average Bonchev–Trinajstić information content (AvgIpc) is 2.42. The molecule has 0 saturated heterocycles. The maximum atomic E-state index is 8.05. The van der Waals surface area contributed by atoms with Gasteiger partial charge in [0.1, 0.15) is 0 Å². The van der Waals surface area contributed by atoms with Crippen LogP contribution in [0.4, 0.5) is 0 Å². The third kappa shape index (κ3) is 5.65. The molecule has 0 atom stereocenters. The Hall–Kier alpha value is -1.59. The summed E-state index contributed by atoms with van der Waals surface area (Å²) in [5.41, 5.74) is 15.9. The summed E-state index contributed by atoms with van der Waals surface area (Å²) in [6, 6.07) is 7.93. The van der Waals surface area contributed by atoms with Gasteiger partial charge in [0.2, 0.25) is 0 Å². The summed E-state index contributed by atoms with van der Waals surface area (Å²) in [6.07, 6.45) is 0. The van der Waals surface area contributed by atoms with Gasteiger partial charge in [-0.15, -0.1) is 0 Å². The van der Waals surface area contributed by atoms with Crippen molar-refractivity contribution in [2.75, 3.05) is 26.4 Å². The van der Waals surface area contributed by atoms with Gasteiger partial charge in [0.15, 0.2) is 0 Å². The van der Waals surface area contributed by atoms with Crippen LogP contribution in [0.1, 0.15) is 11.1 Å². The van der Waals surface area contributed by atoms with Gasteiger partial charge in [0.05, 0.1) is 26.4 Å². The molecule has 0 saturated carbocycles. The molecule has 1 rings (SSSR count). The largest absolute Gasteiger partial charge is 0.379 e. The molecule has 0 heterocycles. The number of nitrogens with zero attached hydrogens (tertiary/aromatic N) is 3. The van der Waals surface area contributed by atoms with Crippen LogP contribution in [0, 0.1) is 0 Å². The molecule has 0 aliphatic carbocycles. The zero-order valence-corrected chi connectivity index (χ0v) is 10.3. The Kier molecular flexibility index (Phi) is 7.59. The van der Waals surface area contributed by atoms with Crippen LogP contribution in [-0.4, -0.2) is 26.4 Å². The standard InChI is InChI=1S/C12H18N4O2/c13-9-11-3-1-2-4-12(11)10-18-8-7-17-6-5-15-16-14/h1-4H,5-10,13H2. The minimum Gasteiger partial charge on any atom is -0.379 e. The van der Waals surface area contributed by atoms with E-state index in [1.54, 1.807) is 0 Å². The molecular weight excluding hydrogens is 232 g/mol. The monoisotopic (exact) mass is 250 g/mol. The highest BCUT2D eigenvalue weighted by Crippen LogP contribution is 2.08. The van der Waals surface area contributed by atoms with Crippen LogP contribution < -0.4 is 5.73 Å². The van der Waals surface area contributed by atoms with Crippen molar-refractivity contribution in [2.45, 2.75) is 13.2 Å². The Labute approximate surface area is 106 Å². The predicted molar refractivity (Wildman–Crippen MR) is 68.8 cm³/mol. The second-order valence-corrected chi connectivity index (χ2v) is 3.59. The van der Waals surface area contributed by atoms with Gasteiger partial charge in [-0.25, -0.2) is 0 Å². The molecule has 6 heteroatoms. The van der Waals surface area contributed by atoms with Crippen LogP contribution in [0.3, 0.4) is 0 Å². The molecular formula is C12H18N4O2. The summed E-state index contributed by atoms with van der Waals surface area (Å²) in [7, 11) is 0. The Bertz CT molecular complexity index is 391. The number of azide groups is 1. The molecule has 0 unspecified atom stereocenters. The third-order valence-corrected chi connectivity index (χ3v) is 2.37. The van der Waals surface area contributed by atoms with Crippen molar-refractivity contribution in [1.82, 2.24) is 0 Å². The second kappa shape index (κ2) is 9.44. The first-order chi connectivity index (χ1) is 8.88. The van der Waals surface area contributed by atoms with Crippen LogP contribution in [0.5, 0.6) is 0 Å². The Morgan fingerprint density at radius 2 is 1.83 bits per heavy atom. The molecule has 0 aromatic heterocycles. The fraction of sp³-hybridized carbons (Fsp3) is 0.500. The first-order valence-electron chi connectivity index (χ1n) is 5.81. The van der Waals surface area contributed by atoms with Crippen molar-refractivity contribution in [2.24, 2.45) is 10.8 Å². The van der Waals surface area contributed by atoms with Crippen LogP contribution in [-0.2, 0) is 22.6 Å². The number of nitrogens with two attached hydrogens (primary N) is 1. The van der Waals surface area contributed by atoms with E-state index >= 15 is 0 Å². The summed E-state index contributed by atoms with van der Waals surface area (Å²) in [5, 5.41) is 3.36. The van der Waals surface area contributed by atoms with Gasteiger partial charge in [0.25, 0.3) is 0 Å². The van der Waals surface area contributed by atoms with E-state index in [1.807, 2.05) is 24.3 Å². The average molecular weight is 250 g/mol. The predicted octanol–water partition coefficient (Wildman–Crippen LogP) is 1.99. The van der Waals surface area contributed by atoms with Gasteiger partial charge in [0, 0.05) is 18.0 Å². The Morgan fingerprint density at radius 3 is 2.56 bits per heavy atom. The summed E-state index contributed by atoms with van der Waals surface area (Å²) < 4.78 is 10.7. The number of benzene rings is 1. The highest BCUT2D eigenvalue weighted by molar-refractivity contribution is 5.26. The number of hydrogen-bond donors (Lipinski definition) is 1. The molecule has 0 fully saturated rings. The summed E-state index contributed by atoms with van der Waals surface area (Å²) in [5.74, 6) is 0. The van der Waals surface area contributed by atoms with Gasteiger partial charge >= 0.3 is 0 Å². The minimum atomic E-state index is 0.354. The molecule has 0 spiro atoms. The molecule has 0 radical (unpaired) electrons. The van der Waals surface area contributed by atoms with Crippen LogP contribution in [0.25, 0.3) is 10.4 Å².